The Labute approximate surface area is 123 Å². The largest absolute Gasteiger partial charge is 0.336 e. The van der Waals surface area contributed by atoms with Crippen molar-refractivity contribution in [2.45, 2.75) is 20.3 Å². The Hall–Kier alpha value is -0.870. The van der Waals surface area contributed by atoms with E-state index in [1.54, 1.807) is 0 Å². The van der Waals surface area contributed by atoms with Gasteiger partial charge in [0.1, 0.15) is 0 Å². The van der Waals surface area contributed by atoms with Crippen molar-refractivity contribution in [1.29, 1.82) is 0 Å². The van der Waals surface area contributed by atoms with E-state index in [0.717, 1.165) is 48.3 Å². The van der Waals surface area contributed by atoms with Crippen LogP contribution in [0, 0.1) is 6.92 Å². The Balaban J connectivity index is 1.99. The van der Waals surface area contributed by atoms with E-state index in [0.29, 0.717) is 0 Å². The number of amides is 1. The van der Waals surface area contributed by atoms with Crippen LogP contribution in [0.25, 0.3) is 0 Å². The highest BCUT2D eigenvalue weighted by molar-refractivity contribution is 9.10. The third-order valence-corrected chi connectivity index (χ3v) is 4.47. The molecule has 0 atom stereocenters. The molecular weight excluding hydrogens is 304 g/mol. The molecule has 2 rings (SSSR count). The van der Waals surface area contributed by atoms with Crippen molar-refractivity contribution >= 4 is 21.8 Å². The standard InChI is InChI=1S/C15H21BrN2O/c1-3-6-17-7-9-18(10-8-17)15(19)13-5-4-12(2)14(16)11-13/h4-5,11H,3,6-10H2,1-2H3. The number of aryl methyl sites for hydroxylation is 1. The maximum atomic E-state index is 12.4. The van der Waals surface area contributed by atoms with Gasteiger partial charge in [-0.15, -0.1) is 0 Å². The van der Waals surface area contributed by atoms with Crippen molar-refractivity contribution in [3.63, 3.8) is 0 Å². The van der Waals surface area contributed by atoms with E-state index in [1.165, 1.54) is 6.42 Å². The summed E-state index contributed by atoms with van der Waals surface area (Å²) in [5.74, 6) is 0.150. The quantitative estimate of drug-likeness (QED) is 0.853. The summed E-state index contributed by atoms with van der Waals surface area (Å²) in [6, 6.07) is 5.83. The van der Waals surface area contributed by atoms with E-state index >= 15 is 0 Å². The van der Waals surface area contributed by atoms with Crippen LogP contribution >= 0.6 is 15.9 Å². The topological polar surface area (TPSA) is 23.6 Å². The number of carbonyl (C=O) groups is 1. The smallest absolute Gasteiger partial charge is 0.253 e. The molecule has 1 aromatic rings. The van der Waals surface area contributed by atoms with Gasteiger partial charge in [0.25, 0.3) is 5.91 Å². The van der Waals surface area contributed by atoms with Gasteiger partial charge in [-0.1, -0.05) is 28.9 Å². The zero-order valence-corrected chi connectivity index (χ0v) is 13.2. The molecule has 0 N–H and O–H groups in total. The van der Waals surface area contributed by atoms with Crippen LogP contribution in [0.1, 0.15) is 29.3 Å². The molecule has 19 heavy (non-hydrogen) atoms. The second-order valence-corrected chi connectivity index (χ2v) is 5.95. The Morgan fingerprint density at radius 3 is 2.53 bits per heavy atom. The molecule has 0 aliphatic carbocycles. The number of nitrogens with zero attached hydrogens (tertiary/aromatic N) is 2. The first-order valence-electron chi connectivity index (χ1n) is 6.89. The summed E-state index contributed by atoms with van der Waals surface area (Å²) in [7, 11) is 0. The highest BCUT2D eigenvalue weighted by Crippen LogP contribution is 2.19. The van der Waals surface area contributed by atoms with Crippen LogP contribution in [0.5, 0.6) is 0 Å². The van der Waals surface area contributed by atoms with Gasteiger partial charge in [-0.2, -0.15) is 0 Å². The molecule has 0 spiro atoms. The molecule has 1 aliphatic heterocycles. The molecule has 0 bridgehead atoms. The first-order chi connectivity index (χ1) is 9.11. The molecule has 0 aromatic heterocycles. The maximum absolute atomic E-state index is 12.4. The number of benzene rings is 1. The fourth-order valence-corrected chi connectivity index (χ4v) is 2.78. The normalized spacial score (nSPS) is 16.7. The van der Waals surface area contributed by atoms with E-state index in [9.17, 15) is 4.79 Å². The maximum Gasteiger partial charge on any atom is 0.253 e. The molecule has 3 nitrogen and oxygen atoms in total. The summed E-state index contributed by atoms with van der Waals surface area (Å²) in [5.41, 5.74) is 1.94. The minimum Gasteiger partial charge on any atom is -0.336 e. The number of rotatable bonds is 3. The minimum absolute atomic E-state index is 0.150. The molecule has 1 aromatic carbocycles. The van der Waals surface area contributed by atoms with Gasteiger partial charge in [-0.05, 0) is 37.6 Å². The molecule has 0 unspecified atom stereocenters. The molecule has 1 heterocycles. The molecule has 1 saturated heterocycles. The lowest BCUT2D eigenvalue weighted by molar-refractivity contribution is 0.0637. The molecule has 4 heteroatoms. The lowest BCUT2D eigenvalue weighted by Crippen LogP contribution is -2.48. The molecule has 1 aliphatic rings. The van der Waals surface area contributed by atoms with Gasteiger partial charge in [0.2, 0.25) is 0 Å². The number of hydrogen-bond donors (Lipinski definition) is 0. The van der Waals surface area contributed by atoms with Gasteiger partial charge >= 0.3 is 0 Å². The van der Waals surface area contributed by atoms with Gasteiger partial charge < -0.3 is 4.90 Å². The lowest BCUT2D eigenvalue weighted by Gasteiger charge is -2.34. The second kappa shape index (κ2) is 6.53. The minimum atomic E-state index is 0.150. The summed E-state index contributed by atoms with van der Waals surface area (Å²) in [5, 5.41) is 0. The van der Waals surface area contributed by atoms with E-state index in [4.69, 9.17) is 0 Å². The van der Waals surface area contributed by atoms with Gasteiger partial charge in [0.05, 0.1) is 0 Å². The highest BCUT2D eigenvalue weighted by Gasteiger charge is 2.21. The van der Waals surface area contributed by atoms with Crippen molar-refractivity contribution in [2.75, 3.05) is 32.7 Å². The van der Waals surface area contributed by atoms with Crippen molar-refractivity contribution in [2.24, 2.45) is 0 Å². The first-order valence-corrected chi connectivity index (χ1v) is 7.69. The predicted molar refractivity (Wildman–Crippen MR) is 81.5 cm³/mol. The van der Waals surface area contributed by atoms with Crippen LogP contribution in [0.15, 0.2) is 22.7 Å². The van der Waals surface area contributed by atoms with Crippen LogP contribution in [-0.2, 0) is 0 Å². The monoisotopic (exact) mass is 324 g/mol. The van der Waals surface area contributed by atoms with Crippen molar-refractivity contribution in [3.05, 3.63) is 33.8 Å². The molecule has 1 fully saturated rings. The fourth-order valence-electron chi connectivity index (χ4n) is 2.40. The Kier molecular flexibility index (Phi) is 4.99. The van der Waals surface area contributed by atoms with E-state index in [1.807, 2.05) is 30.0 Å². The second-order valence-electron chi connectivity index (χ2n) is 5.10. The van der Waals surface area contributed by atoms with Gasteiger partial charge in [0, 0.05) is 36.2 Å². The Morgan fingerprint density at radius 1 is 1.26 bits per heavy atom. The van der Waals surface area contributed by atoms with E-state index < -0.39 is 0 Å². The SMILES string of the molecule is CCCN1CCN(C(=O)c2ccc(C)c(Br)c2)CC1. The van der Waals surface area contributed by atoms with Crippen LogP contribution in [0.3, 0.4) is 0 Å². The third kappa shape index (κ3) is 3.57. The zero-order valence-electron chi connectivity index (χ0n) is 11.7. The molecule has 104 valence electrons. The Bertz CT molecular complexity index is 453. The van der Waals surface area contributed by atoms with Crippen molar-refractivity contribution in [3.8, 4) is 0 Å². The summed E-state index contributed by atoms with van der Waals surface area (Å²) in [6.45, 7) is 9.02. The van der Waals surface area contributed by atoms with Gasteiger partial charge in [-0.25, -0.2) is 0 Å². The molecule has 1 amide bonds. The lowest BCUT2D eigenvalue weighted by atomic mass is 10.1. The average Bonchev–Trinajstić information content (AvgIpc) is 2.42. The van der Waals surface area contributed by atoms with Crippen LogP contribution < -0.4 is 0 Å². The fraction of sp³-hybridized carbons (Fsp3) is 0.533. The summed E-state index contributed by atoms with van der Waals surface area (Å²) >= 11 is 3.49. The summed E-state index contributed by atoms with van der Waals surface area (Å²) in [4.78, 5) is 16.8. The van der Waals surface area contributed by atoms with Crippen molar-refractivity contribution < 1.29 is 4.79 Å². The molecule has 0 saturated carbocycles. The van der Waals surface area contributed by atoms with E-state index in [-0.39, 0.29) is 5.91 Å². The molecular formula is C15H21BrN2O. The van der Waals surface area contributed by atoms with Crippen LogP contribution in [0.2, 0.25) is 0 Å². The highest BCUT2D eigenvalue weighted by atomic mass is 79.9. The number of carbonyl (C=O) groups excluding carboxylic acids is 1. The Morgan fingerprint density at radius 2 is 1.95 bits per heavy atom. The van der Waals surface area contributed by atoms with E-state index in [2.05, 4.69) is 27.8 Å². The van der Waals surface area contributed by atoms with Gasteiger partial charge in [-0.3, -0.25) is 9.69 Å². The summed E-state index contributed by atoms with van der Waals surface area (Å²) < 4.78 is 1.00. The average molecular weight is 325 g/mol. The molecule has 0 radical (unpaired) electrons. The third-order valence-electron chi connectivity index (χ3n) is 3.62. The van der Waals surface area contributed by atoms with Gasteiger partial charge in [0.15, 0.2) is 0 Å². The first kappa shape index (κ1) is 14.5. The van der Waals surface area contributed by atoms with Crippen LogP contribution in [0.4, 0.5) is 0 Å². The number of halogens is 1. The predicted octanol–water partition coefficient (Wildman–Crippen LogP) is 2.93. The van der Waals surface area contributed by atoms with Crippen molar-refractivity contribution in [1.82, 2.24) is 9.80 Å². The summed E-state index contributed by atoms with van der Waals surface area (Å²) in [6.07, 6.45) is 1.18. The number of hydrogen-bond acceptors (Lipinski definition) is 2. The number of piperazine rings is 1. The zero-order chi connectivity index (χ0) is 13.8. The van der Waals surface area contributed by atoms with Crippen LogP contribution in [-0.4, -0.2) is 48.4 Å².